The van der Waals surface area contributed by atoms with Crippen molar-refractivity contribution < 1.29 is 4.74 Å². The first-order valence-electron chi connectivity index (χ1n) is 6.73. The molecular weight excluding hydrogens is 330 g/mol. The first kappa shape index (κ1) is 15.6. The van der Waals surface area contributed by atoms with E-state index in [1.165, 1.54) is 0 Å². The van der Waals surface area contributed by atoms with E-state index >= 15 is 0 Å². The van der Waals surface area contributed by atoms with Gasteiger partial charge in [0, 0.05) is 10.2 Å². The van der Waals surface area contributed by atoms with Gasteiger partial charge in [0.05, 0.1) is 5.69 Å². The van der Waals surface area contributed by atoms with Crippen molar-refractivity contribution in [2.75, 3.05) is 11.1 Å². The fraction of sp³-hybridized carbons (Fsp3) is 0.312. The third-order valence-corrected chi connectivity index (χ3v) is 3.24. The minimum atomic E-state index is -0.340. The maximum atomic E-state index is 5.92. The summed E-state index contributed by atoms with van der Waals surface area (Å²) < 4.78 is 6.83. The van der Waals surface area contributed by atoms with Gasteiger partial charge >= 0.3 is 0 Å². The molecule has 0 aliphatic rings. The zero-order chi connectivity index (χ0) is 15.6. The lowest BCUT2D eigenvalue weighted by Gasteiger charge is -2.22. The Morgan fingerprint density at radius 3 is 2.52 bits per heavy atom. The summed E-state index contributed by atoms with van der Waals surface area (Å²) in [4.78, 5) is 4.45. The number of aryl methyl sites for hydroxylation is 1. The summed E-state index contributed by atoms with van der Waals surface area (Å²) >= 11 is 3.46. The Kier molecular flexibility index (Phi) is 4.42. The van der Waals surface area contributed by atoms with Crippen LogP contribution in [0.4, 0.5) is 17.2 Å². The van der Waals surface area contributed by atoms with Crippen LogP contribution in [0.5, 0.6) is 5.88 Å². The van der Waals surface area contributed by atoms with Gasteiger partial charge < -0.3 is 15.8 Å². The lowest BCUT2D eigenvalue weighted by Crippen LogP contribution is -2.24. The molecule has 0 fully saturated rings. The largest absolute Gasteiger partial charge is 0.470 e. The molecule has 0 radical (unpaired) electrons. The second-order valence-corrected chi connectivity index (χ2v) is 6.81. The number of hydrogen-bond donors (Lipinski definition) is 2. The monoisotopic (exact) mass is 349 g/mol. The van der Waals surface area contributed by atoms with Gasteiger partial charge in [-0.15, -0.1) is 0 Å². The summed E-state index contributed by atoms with van der Waals surface area (Å²) in [6.07, 6.45) is 0. The minimum Gasteiger partial charge on any atom is -0.470 e. The third kappa shape index (κ3) is 4.36. The van der Waals surface area contributed by atoms with E-state index in [9.17, 15) is 0 Å². The van der Waals surface area contributed by atoms with Gasteiger partial charge in [0.2, 0.25) is 5.88 Å². The van der Waals surface area contributed by atoms with Crippen molar-refractivity contribution in [3.05, 3.63) is 40.4 Å². The highest BCUT2D eigenvalue weighted by atomic mass is 79.9. The predicted octanol–water partition coefficient (Wildman–Crippen LogP) is 4.66. The summed E-state index contributed by atoms with van der Waals surface area (Å²) in [5, 5.41) is 3.29. The number of hydrogen-bond acceptors (Lipinski definition) is 4. The maximum Gasteiger partial charge on any atom is 0.239 e. The summed E-state index contributed by atoms with van der Waals surface area (Å²) in [6.45, 7) is 7.93. The van der Waals surface area contributed by atoms with Crippen LogP contribution in [0, 0.1) is 6.92 Å². The Labute approximate surface area is 133 Å². The van der Waals surface area contributed by atoms with Crippen molar-refractivity contribution in [3.8, 4) is 5.88 Å². The SMILES string of the molecule is Cc1cc(Br)ccc1Nc1ccc(N)c(OC(C)(C)C)n1. The quantitative estimate of drug-likeness (QED) is 0.846. The van der Waals surface area contributed by atoms with Gasteiger partial charge in [0.25, 0.3) is 0 Å². The Bertz CT molecular complexity index is 650. The van der Waals surface area contributed by atoms with Crippen LogP contribution in [0.25, 0.3) is 0 Å². The number of nitrogens with zero attached hydrogens (tertiary/aromatic N) is 1. The first-order valence-corrected chi connectivity index (χ1v) is 7.52. The van der Waals surface area contributed by atoms with E-state index in [-0.39, 0.29) is 5.60 Å². The van der Waals surface area contributed by atoms with E-state index in [2.05, 4.69) is 26.2 Å². The number of aromatic nitrogens is 1. The van der Waals surface area contributed by atoms with Gasteiger partial charge in [0.15, 0.2) is 0 Å². The predicted molar refractivity (Wildman–Crippen MR) is 91.2 cm³/mol. The summed E-state index contributed by atoms with van der Waals surface area (Å²) in [6, 6.07) is 9.67. The number of anilines is 3. The Hall–Kier alpha value is -1.75. The number of pyridine rings is 1. The van der Waals surface area contributed by atoms with Crippen LogP contribution >= 0.6 is 15.9 Å². The molecule has 1 heterocycles. The van der Waals surface area contributed by atoms with Crippen molar-refractivity contribution in [1.82, 2.24) is 4.98 Å². The molecule has 0 bridgehead atoms. The Morgan fingerprint density at radius 2 is 1.90 bits per heavy atom. The standard InChI is InChI=1S/C16H20BrN3O/c1-10-9-11(17)5-7-13(10)19-14-8-6-12(18)15(20-14)21-16(2,3)4/h5-9H,18H2,1-4H3,(H,19,20). The van der Waals surface area contributed by atoms with Crippen LogP contribution in [-0.4, -0.2) is 10.6 Å². The van der Waals surface area contributed by atoms with Gasteiger partial charge in [-0.3, -0.25) is 0 Å². The third-order valence-electron chi connectivity index (χ3n) is 2.74. The molecule has 2 aromatic rings. The number of ether oxygens (including phenoxy) is 1. The Balaban J connectivity index is 2.26. The van der Waals surface area contributed by atoms with E-state index in [4.69, 9.17) is 10.5 Å². The molecule has 1 aromatic carbocycles. The van der Waals surface area contributed by atoms with Gasteiger partial charge in [-0.05, 0) is 63.6 Å². The van der Waals surface area contributed by atoms with Crippen molar-refractivity contribution in [3.63, 3.8) is 0 Å². The number of nitrogens with two attached hydrogens (primary N) is 1. The number of halogens is 1. The topological polar surface area (TPSA) is 60.2 Å². The highest BCUT2D eigenvalue weighted by Crippen LogP contribution is 2.28. The second-order valence-electron chi connectivity index (χ2n) is 5.89. The molecule has 3 N–H and O–H groups in total. The Morgan fingerprint density at radius 1 is 1.19 bits per heavy atom. The molecule has 0 unspecified atom stereocenters. The molecule has 21 heavy (non-hydrogen) atoms. The molecule has 0 saturated heterocycles. The molecular formula is C16H20BrN3O. The van der Waals surface area contributed by atoms with Crippen LogP contribution in [0.2, 0.25) is 0 Å². The summed E-state index contributed by atoms with van der Waals surface area (Å²) in [5.41, 5.74) is 8.23. The van der Waals surface area contributed by atoms with E-state index < -0.39 is 0 Å². The zero-order valence-electron chi connectivity index (χ0n) is 12.7. The highest BCUT2D eigenvalue weighted by Gasteiger charge is 2.15. The molecule has 0 spiro atoms. The molecule has 4 nitrogen and oxygen atoms in total. The molecule has 2 rings (SSSR count). The molecule has 112 valence electrons. The first-order chi connectivity index (χ1) is 9.74. The van der Waals surface area contributed by atoms with Crippen LogP contribution in [0.1, 0.15) is 26.3 Å². The van der Waals surface area contributed by atoms with Gasteiger partial charge in [-0.2, -0.15) is 4.98 Å². The van der Waals surface area contributed by atoms with Crippen molar-refractivity contribution in [2.45, 2.75) is 33.3 Å². The van der Waals surface area contributed by atoms with Crippen LogP contribution < -0.4 is 15.8 Å². The minimum absolute atomic E-state index is 0.340. The molecule has 1 aromatic heterocycles. The van der Waals surface area contributed by atoms with E-state index in [0.717, 1.165) is 15.7 Å². The molecule has 0 aliphatic carbocycles. The zero-order valence-corrected chi connectivity index (χ0v) is 14.3. The maximum absolute atomic E-state index is 5.92. The van der Waals surface area contributed by atoms with E-state index in [0.29, 0.717) is 17.4 Å². The molecule has 0 aliphatic heterocycles. The fourth-order valence-electron chi connectivity index (χ4n) is 1.80. The van der Waals surface area contributed by atoms with Crippen molar-refractivity contribution in [1.29, 1.82) is 0 Å². The van der Waals surface area contributed by atoms with Crippen LogP contribution in [0.15, 0.2) is 34.8 Å². The van der Waals surface area contributed by atoms with Crippen molar-refractivity contribution in [2.24, 2.45) is 0 Å². The smallest absolute Gasteiger partial charge is 0.239 e. The summed E-state index contributed by atoms with van der Waals surface area (Å²) in [7, 11) is 0. The molecule has 5 heteroatoms. The average Bonchev–Trinajstić information content (AvgIpc) is 2.35. The normalized spacial score (nSPS) is 11.3. The van der Waals surface area contributed by atoms with Gasteiger partial charge in [0.1, 0.15) is 11.4 Å². The fourth-order valence-corrected chi connectivity index (χ4v) is 2.27. The lowest BCUT2D eigenvalue weighted by atomic mass is 10.2. The molecule has 0 saturated carbocycles. The average molecular weight is 350 g/mol. The number of nitrogen functional groups attached to an aromatic ring is 1. The lowest BCUT2D eigenvalue weighted by molar-refractivity contribution is 0.125. The van der Waals surface area contributed by atoms with Crippen LogP contribution in [0.3, 0.4) is 0 Å². The number of benzene rings is 1. The van der Waals surface area contributed by atoms with Crippen molar-refractivity contribution >= 4 is 33.1 Å². The van der Waals surface area contributed by atoms with E-state index in [1.807, 2.05) is 52.0 Å². The molecule has 0 amide bonds. The second kappa shape index (κ2) is 5.93. The van der Waals surface area contributed by atoms with Gasteiger partial charge in [-0.1, -0.05) is 15.9 Å². The highest BCUT2D eigenvalue weighted by molar-refractivity contribution is 9.10. The van der Waals surface area contributed by atoms with Gasteiger partial charge in [-0.25, -0.2) is 0 Å². The molecule has 0 atom stereocenters. The number of nitrogens with one attached hydrogen (secondary N) is 1. The summed E-state index contributed by atoms with van der Waals surface area (Å²) in [5.74, 6) is 1.15. The van der Waals surface area contributed by atoms with E-state index in [1.54, 1.807) is 6.07 Å². The number of rotatable bonds is 3. The van der Waals surface area contributed by atoms with Crippen LogP contribution in [-0.2, 0) is 0 Å².